The van der Waals surface area contributed by atoms with Crippen molar-refractivity contribution in [1.82, 2.24) is 6.15 Å². The first-order chi connectivity index (χ1) is 10.2. The van der Waals surface area contributed by atoms with Gasteiger partial charge in [-0.05, 0) is 11.6 Å². The maximum Gasteiger partial charge on any atom is 0.0648 e. The highest BCUT2D eigenvalue weighted by Crippen LogP contribution is 2.32. The predicted molar refractivity (Wildman–Crippen MR) is 96.5 cm³/mol. The number of benzene rings is 2. The van der Waals surface area contributed by atoms with Gasteiger partial charge in [0.2, 0.25) is 0 Å². The van der Waals surface area contributed by atoms with Crippen molar-refractivity contribution in [2.75, 3.05) is 11.9 Å². The first kappa shape index (κ1) is 17.6. The summed E-state index contributed by atoms with van der Waals surface area (Å²) in [6.07, 6.45) is 0. The van der Waals surface area contributed by atoms with Crippen molar-refractivity contribution in [3.8, 4) is 0 Å². The quantitative estimate of drug-likeness (QED) is 0.693. The number of rotatable bonds is 0. The molecule has 118 valence electrons. The fraction of sp³-hybridized carbons (Fsp3) is 0.222. The lowest BCUT2D eigenvalue weighted by Crippen LogP contribution is -2.23. The van der Waals surface area contributed by atoms with E-state index in [2.05, 4.69) is 24.1 Å². The molecule has 0 saturated carbocycles. The molecule has 0 radical (unpaired) electrons. The fourth-order valence-corrected chi connectivity index (χ4v) is 2.59. The van der Waals surface area contributed by atoms with Crippen LogP contribution in [0.25, 0.3) is 11.4 Å². The second-order valence-electron chi connectivity index (χ2n) is 4.86. The SMILES string of the molecule is CC.CN1Cc2ccccc2/C(N)=C(/N)c2ccccc21.N. The molecule has 0 fully saturated rings. The summed E-state index contributed by atoms with van der Waals surface area (Å²) in [4.78, 5) is 2.20. The van der Waals surface area contributed by atoms with Crippen molar-refractivity contribution in [2.24, 2.45) is 11.5 Å². The zero-order valence-electron chi connectivity index (χ0n) is 13.6. The van der Waals surface area contributed by atoms with Gasteiger partial charge in [-0.15, -0.1) is 0 Å². The van der Waals surface area contributed by atoms with Crippen molar-refractivity contribution in [2.45, 2.75) is 20.4 Å². The van der Waals surface area contributed by atoms with Gasteiger partial charge in [0, 0.05) is 30.4 Å². The molecule has 0 atom stereocenters. The van der Waals surface area contributed by atoms with Crippen LogP contribution in [0.5, 0.6) is 0 Å². The van der Waals surface area contributed by atoms with Crippen molar-refractivity contribution in [1.29, 1.82) is 0 Å². The number of nitrogens with zero attached hydrogens (tertiary/aromatic N) is 1. The molecular formula is C18H26N4. The van der Waals surface area contributed by atoms with E-state index < -0.39 is 0 Å². The standard InChI is InChI=1S/C16H17N3.C2H6.H3N/c1-19-10-11-6-2-3-7-12(11)15(17)16(18)13-8-4-5-9-14(13)19;1-2;/h2-9H,10,17-18H2,1H3;1-2H3;1H3/b16-15-;;. The highest BCUT2D eigenvalue weighted by molar-refractivity contribution is 5.93. The van der Waals surface area contributed by atoms with Gasteiger partial charge < -0.3 is 22.5 Å². The van der Waals surface area contributed by atoms with Crippen LogP contribution in [0, 0.1) is 0 Å². The van der Waals surface area contributed by atoms with Gasteiger partial charge in [0.1, 0.15) is 0 Å². The second-order valence-corrected chi connectivity index (χ2v) is 4.86. The Morgan fingerprint density at radius 3 is 2.00 bits per heavy atom. The lowest BCUT2D eigenvalue weighted by molar-refractivity contribution is 0.914. The maximum absolute atomic E-state index is 6.26. The molecule has 4 heteroatoms. The van der Waals surface area contributed by atoms with Crippen LogP contribution in [-0.2, 0) is 6.54 Å². The zero-order valence-corrected chi connectivity index (χ0v) is 13.6. The van der Waals surface area contributed by atoms with E-state index >= 15 is 0 Å². The van der Waals surface area contributed by atoms with Gasteiger partial charge in [0.05, 0.1) is 11.4 Å². The first-order valence-electron chi connectivity index (χ1n) is 7.32. The molecule has 7 N–H and O–H groups in total. The molecule has 0 unspecified atom stereocenters. The molecule has 1 heterocycles. The normalized spacial score (nSPS) is 16.0. The summed E-state index contributed by atoms with van der Waals surface area (Å²) in [6, 6.07) is 16.2. The molecule has 3 rings (SSSR count). The minimum atomic E-state index is 0. The largest absolute Gasteiger partial charge is 0.397 e. The highest BCUT2D eigenvalue weighted by Gasteiger charge is 2.18. The van der Waals surface area contributed by atoms with E-state index in [0.29, 0.717) is 11.4 Å². The Labute approximate surface area is 133 Å². The zero-order chi connectivity index (χ0) is 15.4. The Balaban J connectivity index is 0.000000775. The minimum Gasteiger partial charge on any atom is -0.397 e. The molecule has 0 bridgehead atoms. The van der Waals surface area contributed by atoms with Gasteiger partial charge in [-0.2, -0.15) is 0 Å². The van der Waals surface area contributed by atoms with Gasteiger partial charge in [0.25, 0.3) is 0 Å². The Bertz CT molecular complexity index is 662. The number of anilines is 1. The molecule has 1 aliphatic heterocycles. The third-order valence-corrected chi connectivity index (χ3v) is 3.61. The molecule has 0 aliphatic carbocycles. The Morgan fingerprint density at radius 2 is 1.32 bits per heavy atom. The lowest BCUT2D eigenvalue weighted by Gasteiger charge is -2.27. The molecule has 0 spiro atoms. The Kier molecular flexibility index (Phi) is 6.01. The van der Waals surface area contributed by atoms with E-state index in [1.807, 2.05) is 50.2 Å². The van der Waals surface area contributed by atoms with Gasteiger partial charge in [-0.25, -0.2) is 0 Å². The molecule has 0 saturated heterocycles. The van der Waals surface area contributed by atoms with Crippen molar-refractivity contribution < 1.29 is 0 Å². The van der Waals surface area contributed by atoms with E-state index in [4.69, 9.17) is 11.5 Å². The molecular weight excluding hydrogens is 272 g/mol. The summed E-state index contributed by atoms with van der Waals surface area (Å²) in [6.45, 7) is 4.82. The predicted octanol–water partition coefficient (Wildman–Crippen LogP) is 3.57. The third kappa shape index (κ3) is 3.07. The van der Waals surface area contributed by atoms with Crippen LogP contribution in [0.15, 0.2) is 48.5 Å². The van der Waals surface area contributed by atoms with Crippen LogP contribution in [0.2, 0.25) is 0 Å². The van der Waals surface area contributed by atoms with Gasteiger partial charge in [-0.1, -0.05) is 56.3 Å². The third-order valence-electron chi connectivity index (χ3n) is 3.61. The minimum absolute atomic E-state index is 0. The topological polar surface area (TPSA) is 90.3 Å². The number of fused-ring (bicyclic) bond motifs is 2. The lowest BCUT2D eigenvalue weighted by atomic mass is 9.97. The van der Waals surface area contributed by atoms with E-state index in [-0.39, 0.29) is 6.15 Å². The first-order valence-corrected chi connectivity index (χ1v) is 7.32. The van der Waals surface area contributed by atoms with Crippen LogP contribution in [0.1, 0.15) is 30.5 Å². The van der Waals surface area contributed by atoms with Crippen LogP contribution < -0.4 is 22.5 Å². The number of hydrogen-bond donors (Lipinski definition) is 3. The van der Waals surface area contributed by atoms with Gasteiger partial charge in [0.15, 0.2) is 0 Å². The van der Waals surface area contributed by atoms with Crippen LogP contribution >= 0.6 is 0 Å². The summed E-state index contributed by atoms with van der Waals surface area (Å²) in [5, 5.41) is 0. The van der Waals surface area contributed by atoms with Gasteiger partial charge in [-0.3, -0.25) is 0 Å². The number of hydrogen-bond acceptors (Lipinski definition) is 4. The Morgan fingerprint density at radius 1 is 0.818 bits per heavy atom. The van der Waals surface area contributed by atoms with Crippen LogP contribution in [-0.4, -0.2) is 7.05 Å². The summed E-state index contributed by atoms with van der Waals surface area (Å²) >= 11 is 0. The molecule has 0 aromatic heterocycles. The number of para-hydroxylation sites is 1. The summed E-state index contributed by atoms with van der Waals surface area (Å²) in [7, 11) is 2.07. The highest BCUT2D eigenvalue weighted by atomic mass is 15.1. The molecule has 1 aliphatic rings. The number of nitrogens with two attached hydrogens (primary N) is 2. The van der Waals surface area contributed by atoms with E-state index in [1.165, 1.54) is 5.56 Å². The second kappa shape index (κ2) is 7.52. The molecule has 2 aromatic carbocycles. The van der Waals surface area contributed by atoms with Crippen molar-refractivity contribution >= 4 is 17.1 Å². The molecule has 2 aromatic rings. The maximum atomic E-state index is 6.26. The van der Waals surface area contributed by atoms with E-state index in [0.717, 1.165) is 23.4 Å². The summed E-state index contributed by atoms with van der Waals surface area (Å²) < 4.78 is 0. The smallest absolute Gasteiger partial charge is 0.0648 e. The van der Waals surface area contributed by atoms with Crippen LogP contribution in [0.3, 0.4) is 0 Å². The monoisotopic (exact) mass is 298 g/mol. The average Bonchev–Trinajstić information content (AvgIpc) is 2.55. The van der Waals surface area contributed by atoms with Gasteiger partial charge >= 0.3 is 0 Å². The molecule has 22 heavy (non-hydrogen) atoms. The molecule has 4 nitrogen and oxygen atoms in total. The van der Waals surface area contributed by atoms with Crippen molar-refractivity contribution in [3.05, 3.63) is 65.2 Å². The van der Waals surface area contributed by atoms with Crippen LogP contribution in [0.4, 0.5) is 5.69 Å². The van der Waals surface area contributed by atoms with E-state index in [1.54, 1.807) is 0 Å². The molecule has 0 amide bonds. The van der Waals surface area contributed by atoms with Crippen molar-refractivity contribution in [3.63, 3.8) is 0 Å². The van der Waals surface area contributed by atoms with E-state index in [9.17, 15) is 0 Å². The Hall–Kier alpha value is -2.46. The average molecular weight is 298 g/mol. The summed E-state index contributed by atoms with van der Waals surface area (Å²) in [5.41, 5.74) is 18.2. The fourth-order valence-electron chi connectivity index (χ4n) is 2.59. The summed E-state index contributed by atoms with van der Waals surface area (Å²) in [5.74, 6) is 0.